The van der Waals surface area contributed by atoms with E-state index in [1.165, 1.54) is 0 Å². The van der Waals surface area contributed by atoms with Crippen LogP contribution in [0.1, 0.15) is 51.8 Å². The number of esters is 5. The second-order valence-corrected chi connectivity index (χ2v) is 13.8. The first-order valence-electron chi connectivity index (χ1n) is 18.2. The van der Waals surface area contributed by atoms with Gasteiger partial charge in [-0.3, -0.25) is 0 Å². The first-order valence-corrected chi connectivity index (χ1v) is 18.2. The van der Waals surface area contributed by atoms with Gasteiger partial charge in [0.15, 0.2) is 92.7 Å². The molecule has 25 heteroatoms. The predicted octanol–water partition coefficient (Wildman–Crippen LogP) is 1.98. The number of benzene rings is 5. The quantitative estimate of drug-likeness (QED) is 0.0511. The fraction of sp³-hybridized carbons (Fsp3) is 0.146. The number of rotatable bonds is 11. The lowest BCUT2D eigenvalue weighted by Gasteiger charge is -2.43. The summed E-state index contributed by atoms with van der Waals surface area (Å²) >= 11 is 0. The standard InChI is InChI=1S/C41H32O25/c42-18-2-1-13(3-19(18)43)37(57)66-41-35(65-40(60)17-10-26(50)32(55)27(51)11-17)34(64-39(59)16-8-24(48)31(54)25(49)9-16)33(63-38(58)15-6-22(46)30(53)23(47)7-15)28(62-41)12-61-36(56)14-4-20(44)29(52)21(45)5-14/h1-11,28,33-35,41-55H,12H2. The van der Waals surface area contributed by atoms with Gasteiger partial charge in [-0.15, -0.1) is 0 Å². The van der Waals surface area contributed by atoms with Crippen molar-refractivity contribution in [1.82, 2.24) is 0 Å². The molecule has 25 nitrogen and oxygen atoms in total. The molecule has 1 heterocycles. The fourth-order valence-corrected chi connectivity index (χ4v) is 6.04. The van der Waals surface area contributed by atoms with E-state index in [0.717, 1.165) is 12.1 Å². The molecule has 66 heavy (non-hydrogen) atoms. The summed E-state index contributed by atoms with van der Waals surface area (Å²) in [5, 5.41) is 140. The van der Waals surface area contributed by atoms with Crippen LogP contribution in [-0.2, 0) is 28.4 Å². The van der Waals surface area contributed by atoms with Gasteiger partial charge in [0.05, 0.1) is 27.8 Å². The van der Waals surface area contributed by atoms with Crippen molar-refractivity contribution in [3.63, 3.8) is 0 Å². The molecule has 0 aromatic heterocycles. The molecule has 0 spiro atoms. The molecule has 0 aliphatic carbocycles. The average Bonchev–Trinajstić information content (AvgIpc) is 3.26. The van der Waals surface area contributed by atoms with E-state index in [1.54, 1.807) is 0 Å². The molecular formula is C41H32O25. The Morgan fingerprint density at radius 3 is 1.06 bits per heavy atom. The van der Waals surface area contributed by atoms with Crippen LogP contribution in [0.25, 0.3) is 0 Å². The van der Waals surface area contributed by atoms with Gasteiger partial charge in [0.2, 0.25) is 12.4 Å². The largest absolute Gasteiger partial charge is 0.504 e. The molecule has 0 bridgehead atoms. The summed E-state index contributed by atoms with van der Waals surface area (Å²) < 4.78 is 33.4. The highest BCUT2D eigenvalue weighted by atomic mass is 16.7. The Hall–Kier alpha value is -9.39. The Balaban J connectivity index is 1.51. The molecule has 1 aliphatic heterocycles. The Labute approximate surface area is 365 Å². The molecule has 0 saturated carbocycles. The minimum Gasteiger partial charge on any atom is -0.504 e. The van der Waals surface area contributed by atoms with Crippen molar-refractivity contribution < 1.29 is 124 Å². The zero-order valence-electron chi connectivity index (χ0n) is 32.7. The maximum Gasteiger partial charge on any atom is 0.340 e. The van der Waals surface area contributed by atoms with E-state index in [0.29, 0.717) is 54.6 Å². The number of phenolic OH excluding ortho intramolecular Hbond substituents is 14. The van der Waals surface area contributed by atoms with E-state index in [1.807, 2.05) is 0 Å². The zero-order valence-corrected chi connectivity index (χ0v) is 32.7. The zero-order chi connectivity index (χ0) is 48.5. The minimum atomic E-state index is -2.48. The fourth-order valence-electron chi connectivity index (χ4n) is 6.04. The van der Waals surface area contributed by atoms with E-state index in [2.05, 4.69) is 0 Å². The summed E-state index contributed by atoms with van der Waals surface area (Å²) in [6, 6.07) is 7.11. The van der Waals surface area contributed by atoms with Gasteiger partial charge in [0, 0.05) is 0 Å². The van der Waals surface area contributed by atoms with Crippen molar-refractivity contribution in [2.24, 2.45) is 0 Å². The Bertz CT molecular complexity index is 2690. The van der Waals surface area contributed by atoms with E-state index in [9.17, 15) is 95.5 Å². The molecule has 6 rings (SSSR count). The average molecular weight is 925 g/mol. The van der Waals surface area contributed by atoms with Crippen LogP contribution in [-0.4, -0.2) is 139 Å². The third-order valence-electron chi connectivity index (χ3n) is 9.36. The molecule has 14 N–H and O–H groups in total. The van der Waals surface area contributed by atoms with Crippen LogP contribution in [0, 0.1) is 0 Å². The third kappa shape index (κ3) is 9.49. The van der Waals surface area contributed by atoms with E-state index in [-0.39, 0.29) is 0 Å². The van der Waals surface area contributed by atoms with Gasteiger partial charge in [-0.1, -0.05) is 0 Å². The van der Waals surface area contributed by atoms with Crippen LogP contribution in [0.2, 0.25) is 0 Å². The van der Waals surface area contributed by atoms with Crippen LogP contribution in [0.15, 0.2) is 66.7 Å². The molecule has 5 aromatic rings. The highest BCUT2D eigenvalue weighted by Gasteiger charge is 2.55. The van der Waals surface area contributed by atoms with Crippen molar-refractivity contribution in [1.29, 1.82) is 0 Å². The lowest BCUT2D eigenvalue weighted by Crippen LogP contribution is -2.63. The molecule has 0 radical (unpaired) electrons. The van der Waals surface area contributed by atoms with E-state index in [4.69, 9.17) is 28.4 Å². The maximum atomic E-state index is 13.9. The molecule has 5 unspecified atom stereocenters. The molecule has 1 aliphatic rings. The number of phenols is 14. The smallest absolute Gasteiger partial charge is 0.340 e. The van der Waals surface area contributed by atoms with Gasteiger partial charge >= 0.3 is 29.8 Å². The maximum absolute atomic E-state index is 13.9. The van der Waals surface area contributed by atoms with Gasteiger partial charge < -0.3 is 99.9 Å². The molecule has 1 saturated heterocycles. The molecule has 5 atom stereocenters. The van der Waals surface area contributed by atoms with Crippen molar-refractivity contribution in [2.45, 2.75) is 30.7 Å². The highest BCUT2D eigenvalue weighted by Crippen LogP contribution is 2.41. The Kier molecular flexibility index (Phi) is 12.7. The van der Waals surface area contributed by atoms with E-state index >= 15 is 0 Å². The third-order valence-corrected chi connectivity index (χ3v) is 9.36. The summed E-state index contributed by atoms with van der Waals surface area (Å²) in [6.07, 6.45) is -11.9. The summed E-state index contributed by atoms with van der Waals surface area (Å²) in [5.74, 6) is -22.2. The Morgan fingerprint density at radius 1 is 0.364 bits per heavy atom. The number of ether oxygens (including phenoxy) is 6. The van der Waals surface area contributed by atoms with Crippen LogP contribution in [0.3, 0.4) is 0 Å². The summed E-state index contributed by atoms with van der Waals surface area (Å²) in [6.45, 7) is -1.21. The number of carbonyl (C=O) groups is 5. The second-order valence-electron chi connectivity index (χ2n) is 13.8. The second kappa shape index (κ2) is 18.1. The summed E-state index contributed by atoms with van der Waals surface area (Å²) in [5.41, 5.74) is -3.54. The van der Waals surface area contributed by atoms with Gasteiger partial charge in [-0.25, -0.2) is 24.0 Å². The van der Waals surface area contributed by atoms with Crippen LogP contribution >= 0.6 is 0 Å². The van der Waals surface area contributed by atoms with Gasteiger partial charge in [0.1, 0.15) is 12.7 Å². The monoisotopic (exact) mass is 924 g/mol. The first-order chi connectivity index (χ1) is 31.0. The molecule has 0 amide bonds. The number of carbonyl (C=O) groups excluding carboxylic acids is 5. The number of hydrogen-bond acceptors (Lipinski definition) is 25. The molecule has 346 valence electrons. The summed E-state index contributed by atoms with van der Waals surface area (Å²) in [7, 11) is 0. The normalized spacial score (nSPS) is 17.8. The minimum absolute atomic E-state index is 0.550. The van der Waals surface area contributed by atoms with Crippen molar-refractivity contribution >= 4 is 29.8 Å². The lowest BCUT2D eigenvalue weighted by atomic mass is 9.97. The van der Waals surface area contributed by atoms with E-state index < -0.39 is 175 Å². The number of aromatic hydroxyl groups is 14. The van der Waals surface area contributed by atoms with Crippen LogP contribution in [0.4, 0.5) is 0 Å². The lowest BCUT2D eigenvalue weighted by molar-refractivity contribution is -0.282. The van der Waals surface area contributed by atoms with Crippen molar-refractivity contribution in [3.05, 3.63) is 94.5 Å². The van der Waals surface area contributed by atoms with Crippen molar-refractivity contribution in [2.75, 3.05) is 6.61 Å². The Morgan fingerprint density at radius 2 is 0.682 bits per heavy atom. The summed E-state index contributed by atoms with van der Waals surface area (Å²) in [4.78, 5) is 68.4. The van der Waals surface area contributed by atoms with Crippen LogP contribution < -0.4 is 0 Å². The molecular weight excluding hydrogens is 892 g/mol. The molecule has 1 fully saturated rings. The van der Waals surface area contributed by atoms with Gasteiger partial charge in [-0.05, 0) is 66.7 Å². The van der Waals surface area contributed by atoms with Gasteiger partial charge in [-0.2, -0.15) is 0 Å². The highest BCUT2D eigenvalue weighted by molar-refractivity contribution is 5.94. The van der Waals surface area contributed by atoms with Gasteiger partial charge in [0.25, 0.3) is 0 Å². The number of hydrogen-bond donors (Lipinski definition) is 14. The molecule has 5 aromatic carbocycles. The SMILES string of the molecule is O=C(OCC1OC(OC(=O)c2ccc(O)c(O)c2)C(OC(=O)c2cc(O)c(O)c(O)c2)C(OC(=O)c2cc(O)c(O)c(O)c2)C1OC(=O)c1cc(O)c(O)c(O)c1)c1cc(O)c(O)c(O)c1. The van der Waals surface area contributed by atoms with Crippen molar-refractivity contribution in [3.8, 4) is 80.5 Å². The topological polar surface area (TPSA) is 424 Å². The predicted molar refractivity (Wildman–Crippen MR) is 207 cm³/mol. The van der Waals surface area contributed by atoms with Crippen LogP contribution in [0.5, 0.6) is 80.5 Å². The first kappa shape index (κ1) is 46.1.